The molecule has 0 fully saturated rings. The van der Waals surface area contributed by atoms with Gasteiger partial charge >= 0.3 is 0 Å². The van der Waals surface area contributed by atoms with Crippen LogP contribution in [0.15, 0.2) is 36.4 Å². The second kappa shape index (κ2) is 5.41. The van der Waals surface area contributed by atoms with Gasteiger partial charge in [0.2, 0.25) is 0 Å². The molecule has 0 atom stereocenters. The lowest BCUT2D eigenvalue weighted by Crippen LogP contribution is -1.92. The van der Waals surface area contributed by atoms with E-state index in [2.05, 4.69) is 32.1 Å². The quantitative estimate of drug-likeness (QED) is 0.639. The summed E-state index contributed by atoms with van der Waals surface area (Å²) in [5, 5.41) is 0. The molecule has 0 aliphatic carbocycles. The molecule has 1 nitrogen and oxygen atoms in total. The Balaban J connectivity index is 2.37. The summed E-state index contributed by atoms with van der Waals surface area (Å²) in [5.74, 6) is 0.936. The minimum Gasteiger partial charge on any atom is -0.490 e. The molecule has 0 N–H and O–H groups in total. The second-order valence-corrected chi connectivity index (χ2v) is 3.00. The van der Waals surface area contributed by atoms with E-state index in [0.29, 0.717) is 6.61 Å². The van der Waals surface area contributed by atoms with E-state index in [1.54, 1.807) is 0 Å². The van der Waals surface area contributed by atoms with E-state index in [-0.39, 0.29) is 0 Å². The first kappa shape index (κ1) is 9.85. The molecule has 0 heterocycles. The van der Waals surface area contributed by atoms with E-state index in [4.69, 9.17) is 4.74 Å². The lowest BCUT2D eigenvalue weighted by atomic mass is 10.2. The summed E-state index contributed by atoms with van der Waals surface area (Å²) in [6, 6.07) is 8.10. The van der Waals surface area contributed by atoms with Crippen LogP contribution in [0.4, 0.5) is 0 Å². The lowest BCUT2D eigenvalue weighted by Gasteiger charge is -2.02. The third kappa shape index (κ3) is 3.79. The molecule has 13 heavy (non-hydrogen) atoms. The summed E-state index contributed by atoms with van der Waals surface area (Å²) < 4.78 is 5.48. The predicted octanol–water partition coefficient (Wildman–Crippen LogP) is 3.34. The third-order valence-corrected chi connectivity index (χ3v) is 1.77. The highest BCUT2D eigenvalue weighted by Crippen LogP contribution is 2.10. The molecule has 0 amide bonds. The Labute approximate surface area is 80.0 Å². The fourth-order valence-corrected chi connectivity index (χ4v) is 1.01. The topological polar surface area (TPSA) is 9.23 Å². The second-order valence-electron chi connectivity index (χ2n) is 3.00. The van der Waals surface area contributed by atoms with E-state index in [1.165, 1.54) is 5.56 Å². The number of hydrogen-bond donors (Lipinski definition) is 0. The number of aryl methyl sites for hydroxylation is 1. The molecule has 1 aromatic carbocycles. The van der Waals surface area contributed by atoms with Crippen molar-refractivity contribution in [3.05, 3.63) is 42.0 Å². The zero-order chi connectivity index (χ0) is 9.52. The van der Waals surface area contributed by atoms with Crippen molar-refractivity contribution in [1.29, 1.82) is 0 Å². The molecule has 0 bridgehead atoms. The lowest BCUT2D eigenvalue weighted by molar-refractivity contribution is 0.362. The summed E-state index contributed by atoms with van der Waals surface area (Å²) >= 11 is 0. The van der Waals surface area contributed by atoms with Gasteiger partial charge in [0, 0.05) is 0 Å². The molecule has 1 rings (SSSR count). The third-order valence-electron chi connectivity index (χ3n) is 1.77. The van der Waals surface area contributed by atoms with E-state index >= 15 is 0 Å². The highest BCUT2D eigenvalue weighted by molar-refractivity contribution is 5.26. The van der Waals surface area contributed by atoms with Crippen molar-refractivity contribution in [2.45, 2.75) is 20.3 Å². The van der Waals surface area contributed by atoms with Crippen LogP contribution in [-0.4, -0.2) is 6.61 Å². The first-order valence-electron chi connectivity index (χ1n) is 4.67. The van der Waals surface area contributed by atoms with Crippen molar-refractivity contribution < 1.29 is 4.74 Å². The van der Waals surface area contributed by atoms with Crippen LogP contribution in [0, 0.1) is 6.92 Å². The summed E-state index contributed by atoms with van der Waals surface area (Å²) in [6.45, 7) is 4.85. The van der Waals surface area contributed by atoms with E-state index in [0.717, 1.165) is 12.2 Å². The zero-order valence-corrected chi connectivity index (χ0v) is 8.29. The molecule has 0 aliphatic heterocycles. The molecule has 0 aromatic heterocycles. The molecular weight excluding hydrogens is 160 g/mol. The molecule has 1 aromatic rings. The highest BCUT2D eigenvalue weighted by atomic mass is 16.5. The SMILES string of the molecule is CCC=CCOc1ccc(C)cc1. The van der Waals surface area contributed by atoms with Crippen molar-refractivity contribution >= 4 is 0 Å². The maximum Gasteiger partial charge on any atom is 0.119 e. The Hall–Kier alpha value is -1.24. The fraction of sp³-hybridized carbons (Fsp3) is 0.333. The van der Waals surface area contributed by atoms with Crippen LogP contribution in [-0.2, 0) is 0 Å². The smallest absolute Gasteiger partial charge is 0.119 e. The summed E-state index contributed by atoms with van der Waals surface area (Å²) in [6.07, 6.45) is 5.21. The average Bonchev–Trinajstić information content (AvgIpc) is 2.15. The summed E-state index contributed by atoms with van der Waals surface area (Å²) in [4.78, 5) is 0. The van der Waals surface area contributed by atoms with Crippen molar-refractivity contribution in [2.75, 3.05) is 6.61 Å². The Morgan fingerprint density at radius 3 is 2.46 bits per heavy atom. The molecular formula is C12H16O. The number of ether oxygens (including phenoxy) is 1. The average molecular weight is 176 g/mol. The van der Waals surface area contributed by atoms with Gasteiger partial charge in [0.25, 0.3) is 0 Å². The van der Waals surface area contributed by atoms with Gasteiger partial charge in [-0.15, -0.1) is 0 Å². The number of hydrogen-bond acceptors (Lipinski definition) is 1. The minimum atomic E-state index is 0.664. The number of benzene rings is 1. The van der Waals surface area contributed by atoms with Gasteiger partial charge in [0.05, 0.1) is 0 Å². The molecule has 1 heteroatoms. The highest BCUT2D eigenvalue weighted by Gasteiger charge is 1.89. The zero-order valence-electron chi connectivity index (χ0n) is 8.29. The van der Waals surface area contributed by atoms with Gasteiger partial charge in [-0.1, -0.05) is 36.8 Å². The van der Waals surface area contributed by atoms with Crippen molar-refractivity contribution in [3.63, 3.8) is 0 Å². The Kier molecular flexibility index (Phi) is 4.10. The molecule has 70 valence electrons. The molecule has 0 aliphatic rings. The largest absolute Gasteiger partial charge is 0.490 e. The van der Waals surface area contributed by atoms with Gasteiger partial charge in [-0.05, 0) is 25.5 Å². The minimum absolute atomic E-state index is 0.664. The van der Waals surface area contributed by atoms with Crippen LogP contribution >= 0.6 is 0 Å². The van der Waals surface area contributed by atoms with E-state index < -0.39 is 0 Å². The molecule has 0 saturated heterocycles. The first-order valence-corrected chi connectivity index (χ1v) is 4.67. The molecule has 0 radical (unpaired) electrons. The molecule has 0 spiro atoms. The van der Waals surface area contributed by atoms with Crippen LogP contribution in [0.3, 0.4) is 0 Å². The van der Waals surface area contributed by atoms with Gasteiger partial charge in [-0.2, -0.15) is 0 Å². The monoisotopic (exact) mass is 176 g/mol. The first-order chi connectivity index (χ1) is 6.33. The Morgan fingerprint density at radius 2 is 1.85 bits per heavy atom. The Bertz CT molecular complexity index is 259. The van der Waals surface area contributed by atoms with Crippen LogP contribution in [0.2, 0.25) is 0 Å². The molecule has 0 saturated carbocycles. The van der Waals surface area contributed by atoms with Gasteiger partial charge in [0.1, 0.15) is 12.4 Å². The van der Waals surface area contributed by atoms with E-state index in [1.807, 2.05) is 18.2 Å². The van der Waals surface area contributed by atoms with Gasteiger partial charge < -0.3 is 4.74 Å². The normalized spacial score (nSPS) is 10.6. The van der Waals surface area contributed by atoms with Gasteiger partial charge in [0.15, 0.2) is 0 Å². The number of allylic oxidation sites excluding steroid dienone is 1. The Morgan fingerprint density at radius 1 is 1.15 bits per heavy atom. The van der Waals surface area contributed by atoms with Gasteiger partial charge in [-0.3, -0.25) is 0 Å². The maximum atomic E-state index is 5.48. The standard InChI is InChI=1S/C12H16O/c1-3-4-5-10-13-12-8-6-11(2)7-9-12/h4-9H,3,10H2,1-2H3. The van der Waals surface area contributed by atoms with Crippen LogP contribution in [0.1, 0.15) is 18.9 Å². The maximum absolute atomic E-state index is 5.48. The molecule has 0 unspecified atom stereocenters. The fourth-order valence-electron chi connectivity index (χ4n) is 1.01. The van der Waals surface area contributed by atoms with Crippen LogP contribution in [0.25, 0.3) is 0 Å². The van der Waals surface area contributed by atoms with Gasteiger partial charge in [-0.25, -0.2) is 0 Å². The van der Waals surface area contributed by atoms with E-state index in [9.17, 15) is 0 Å². The predicted molar refractivity (Wildman–Crippen MR) is 56.1 cm³/mol. The summed E-state index contributed by atoms with van der Waals surface area (Å²) in [7, 11) is 0. The summed E-state index contributed by atoms with van der Waals surface area (Å²) in [5.41, 5.74) is 1.26. The van der Waals surface area contributed by atoms with Crippen molar-refractivity contribution in [3.8, 4) is 5.75 Å². The van der Waals surface area contributed by atoms with Crippen LogP contribution < -0.4 is 4.74 Å². The van der Waals surface area contributed by atoms with Crippen molar-refractivity contribution in [2.24, 2.45) is 0 Å². The number of rotatable bonds is 4. The van der Waals surface area contributed by atoms with Crippen molar-refractivity contribution in [1.82, 2.24) is 0 Å². The van der Waals surface area contributed by atoms with Crippen LogP contribution in [0.5, 0.6) is 5.75 Å².